The summed E-state index contributed by atoms with van der Waals surface area (Å²) in [6.07, 6.45) is -4.47. The number of nitrogens with zero attached hydrogens (tertiary/aromatic N) is 1. The largest absolute Gasteiger partial charge is 0.507 e. The van der Waals surface area contributed by atoms with Gasteiger partial charge in [-0.25, -0.2) is 0 Å². The van der Waals surface area contributed by atoms with Gasteiger partial charge in [0.2, 0.25) is 0 Å². The average molecular weight is 403 g/mol. The lowest BCUT2D eigenvalue weighted by atomic mass is 10.0. The minimum atomic E-state index is -4.47. The van der Waals surface area contributed by atoms with E-state index in [0.717, 1.165) is 5.56 Å². The third-order valence-corrected chi connectivity index (χ3v) is 4.37. The standard InChI is InChI=1S/C19H21F3N2O2.ClH/c20-19(21,22)18(24-10-8-23-9-11-24)16-7-6-15(12-17(16)25)26-13-14-4-2-1-3-5-14;/h1-7,12,18,23,25H,8-11,13H2;1H/t18-;/m1./s1. The van der Waals surface area contributed by atoms with Gasteiger partial charge in [0.1, 0.15) is 24.1 Å². The highest BCUT2D eigenvalue weighted by molar-refractivity contribution is 5.85. The van der Waals surface area contributed by atoms with Crippen LogP contribution in [0.3, 0.4) is 0 Å². The molecule has 1 heterocycles. The van der Waals surface area contributed by atoms with E-state index in [4.69, 9.17) is 4.74 Å². The second kappa shape index (κ2) is 9.30. The topological polar surface area (TPSA) is 44.7 Å². The van der Waals surface area contributed by atoms with Crippen LogP contribution in [0.5, 0.6) is 11.5 Å². The van der Waals surface area contributed by atoms with Gasteiger partial charge in [0.25, 0.3) is 0 Å². The molecule has 0 radical (unpaired) electrons. The van der Waals surface area contributed by atoms with E-state index in [0.29, 0.717) is 18.8 Å². The van der Waals surface area contributed by atoms with E-state index < -0.39 is 18.0 Å². The highest BCUT2D eigenvalue weighted by Crippen LogP contribution is 2.42. The number of alkyl halides is 3. The highest BCUT2D eigenvalue weighted by Gasteiger charge is 2.46. The molecule has 4 nitrogen and oxygen atoms in total. The minimum Gasteiger partial charge on any atom is -0.507 e. The minimum absolute atomic E-state index is 0. The molecule has 0 bridgehead atoms. The molecule has 27 heavy (non-hydrogen) atoms. The first-order valence-corrected chi connectivity index (χ1v) is 8.46. The number of phenolic OH excluding ortho intramolecular Hbond substituents is 1. The Morgan fingerprint density at radius 1 is 1.07 bits per heavy atom. The number of hydrogen-bond donors (Lipinski definition) is 2. The molecule has 3 rings (SSSR count). The van der Waals surface area contributed by atoms with Crippen LogP contribution in [0.4, 0.5) is 13.2 Å². The predicted molar refractivity (Wildman–Crippen MR) is 99.4 cm³/mol. The van der Waals surface area contributed by atoms with Gasteiger partial charge < -0.3 is 15.2 Å². The second-order valence-electron chi connectivity index (χ2n) is 6.23. The fourth-order valence-corrected chi connectivity index (χ4v) is 3.11. The van der Waals surface area contributed by atoms with Gasteiger partial charge >= 0.3 is 6.18 Å². The average Bonchev–Trinajstić information content (AvgIpc) is 2.62. The molecule has 0 aromatic heterocycles. The summed E-state index contributed by atoms with van der Waals surface area (Å²) in [5.41, 5.74) is 0.788. The lowest BCUT2D eigenvalue weighted by Crippen LogP contribution is -2.49. The van der Waals surface area contributed by atoms with Crippen LogP contribution in [-0.2, 0) is 6.61 Å². The number of rotatable bonds is 5. The number of piperazine rings is 1. The van der Waals surface area contributed by atoms with Gasteiger partial charge in [-0.1, -0.05) is 30.3 Å². The predicted octanol–water partition coefficient (Wildman–Crippen LogP) is 3.90. The Bertz CT molecular complexity index is 723. The van der Waals surface area contributed by atoms with Crippen molar-refractivity contribution in [2.45, 2.75) is 18.8 Å². The normalized spacial score (nSPS) is 16.4. The zero-order valence-corrected chi connectivity index (χ0v) is 15.4. The first-order chi connectivity index (χ1) is 12.4. The van der Waals surface area contributed by atoms with Crippen LogP contribution >= 0.6 is 12.4 Å². The molecule has 0 aliphatic carbocycles. The molecule has 0 amide bonds. The quantitative estimate of drug-likeness (QED) is 0.796. The number of aromatic hydroxyl groups is 1. The van der Waals surface area contributed by atoms with Crippen molar-refractivity contribution in [3.8, 4) is 11.5 Å². The first kappa shape index (κ1) is 21.3. The van der Waals surface area contributed by atoms with Gasteiger partial charge in [-0.2, -0.15) is 13.2 Å². The molecular formula is C19H22ClF3N2O2. The lowest BCUT2D eigenvalue weighted by Gasteiger charge is -2.36. The molecule has 1 atom stereocenters. The van der Waals surface area contributed by atoms with Crippen molar-refractivity contribution in [3.63, 3.8) is 0 Å². The summed E-state index contributed by atoms with van der Waals surface area (Å²) in [7, 11) is 0. The highest BCUT2D eigenvalue weighted by atomic mass is 35.5. The van der Waals surface area contributed by atoms with Crippen molar-refractivity contribution >= 4 is 12.4 Å². The number of nitrogens with one attached hydrogen (secondary N) is 1. The van der Waals surface area contributed by atoms with Crippen molar-refractivity contribution in [2.75, 3.05) is 26.2 Å². The summed E-state index contributed by atoms with van der Waals surface area (Å²) in [4.78, 5) is 1.34. The van der Waals surface area contributed by atoms with Crippen LogP contribution in [0.15, 0.2) is 48.5 Å². The molecule has 1 aliphatic heterocycles. The first-order valence-electron chi connectivity index (χ1n) is 8.46. The van der Waals surface area contributed by atoms with Crippen molar-refractivity contribution < 1.29 is 23.0 Å². The van der Waals surface area contributed by atoms with Gasteiger partial charge in [-0.3, -0.25) is 4.90 Å². The van der Waals surface area contributed by atoms with E-state index in [1.54, 1.807) is 0 Å². The van der Waals surface area contributed by atoms with Gasteiger partial charge in [-0.15, -0.1) is 12.4 Å². The van der Waals surface area contributed by atoms with E-state index in [1.807, 2.05) is 30.3 Å². The molecule has 0 unspecified atom stereocenters. The molecule has 1 aliphatic rings. The number of ether oxygens (including phenoxy) is 1. The molecule has 148 valence electrons. The third-order valence-electron chi connectivity index (χ3n) is 4.37. The van der Waals surface area contributed by atoms with Crippen molar-refractivity contribution in [1.82, 2.24) is 10.2 Å². The number of hydrogen-bond acceptors (Lipinski definition) is 4. The second-order valence-corrected chi connectivity index (χ2v) is 6.23. The maximum Gasteiger partial charge on any atom is 0.408 e. The molecule has 2 aromatic rings. The van der Waals surface area contributed by atoms with Crippen molar-refractivity contribution in [3.05, 3.63) is 59.7 Å². The van der Waals surface area contributed by atoms with Gasteiger partial charge in [0, 0.05) is 37.8 Å². The van der Waals surface area contributed by atoms with Crippen LogP contribution in [0, 0.1) is 0 Å². The molecular weight excluding hydrogens is 381 g/mol. The Kier molecular flexibility index (Phi) is 7.35. The Morgan fingerprint density at radius 3 is 2.33 bits per heavy atom. The fraction of sp³-hybridized carbons (Fsp3) is 0.368. The summed E-state index contributed by atoms with van der Waals surface area (Å²) in [6.45, 7) is 1.81. The van der Waals surface area contributed by atoms with Gasteiger partial charge in [-0.05, 0) is 17.7 Å². The van der Waals surface area contributed by atoms with E-state index in [-0.39, 0.29) is 37.7 Å². The zero-order valence-electron chi connectivity index (χ0n) is 14.6. The molecule has 2 aromatic carbocycles. The van der Waals surface area contributed by atoms with Crippen LogP contribution in [-0.4, -0.2) is 42.4 Å². The Labute approximate surface area is 162 Å². The maximum absolute atomic E-state index is 13.6. The molecule has 1 saturated heterocycles. The maximum atomic E-state index is 13.6. The van der Waals surface area contributed by atoms with Crippen LogP contribution in [0.1, 0.15) is 17.2 Å². The number of phenols is 1. The van der Waals surface area contributed by atoms with E-state index in [1.165, 1.54) is 23.1 Å². The smallest absolute Gasteiger partial charge is 0.408 e. The number of halogens is 4. The van der Waals surface area contributed by atoms with Crippen molar-refractivity contribution in [1.29, 1.82) is 0 Å². The van der Waals surface area contributed by atoms with E-state index in [2.05, 4.69) is 5.32 Å². The zero-order chi connectivity index (χ0) is 18.6. The molecule has 0 saturated carbocycles. The Hall–Kier alpha value is -1.96. The van der Waals surface area contributed by atoms with Crippen LogP contribution < -0.4 is 10.1 Å². The molecule has 2 N–H and O–H groups in total. The summed E-state index contributed by atoms with van der Waals surface area (Å²) < 4.78 is 46.5. The van der Waals surface area contributed by atoms with E-state index in [9.17, 15) is 18.3 Å². The van der Waals surface area contributed by atoms with Gasteiger partial charge in [0.05, 0.1) is 0 Å². The Balaban J connectivity index is 0.00000261. The lowest BCUT2D eigenvalue weighted by molar-refractivity contribution is -0.188. The third kappa shape index (κ3) is 5.51. The monoisotopic (exact) mass is 402 g/mol. The summed E-state index contributed by atoms with van der Waals surface area (Å²) in [5, 5.41) is 13.3. The molecule has 8 heteroatoms. The SMILES string of the molecule is Cl.Oc1cc(OCc2ccccc2)ccc1[C@@H](N1CCNCC1)C(F)(F)F. The number of benzene rings is 2. The Morgan fingerprint density at radius 2 is 1.74 bits per heavy atom. The van der Waals surface area contributed by atoms with Gasteiger partial charge in [0.15, 0.2) is 0 Å². The van der Waals surface area contributed by atoms with Crippen LogP contribution in [0.2, 0.25) is 0 Å². The molecule has 0 spiro atoms. The van der Waals surface area contributed by atoms with E-state index >= 15 is 0 Å². The van der Waals surface area contributed by atoms with Crippen molar-refractivity contribution in [2.24, 2.45) is 0 Å². The summed E-state index contributed by atoms with van der Waals surface area (Å²) in [5.74, 6) is -0.0762. The summed E-state index contributed by atoms with van der Waals surface area (Å²) >= 11 is 0. The summed E-state index contributed by atoms with van der Waals surface area (Å²) in [6, 6.07) is 11.6. The molecule has 1 fully saturated rings. The fourth-order valence-electron chi connectivity index (χ4n) is 3.11. The van der Waals surface area contributed by atoms with Crippen LogP contribution in [0.25, 0.3) is 0 Å².